The van der Waals surface area contributed by atoms with Crippen molar-refractivity contribution in [1.29, 1.82) is 0 Å². The van der Waals surface area contributed by atoms with E-state index in [-0.39, 0.29) is 0 Å². The highest BCUT2D eigenvalue weighted by Crippen LogP contribution is 2.32. The van der Waals surface area contributed by atoms with E-state index in [0.717, 1.165) is 24.6 Å². The van der Waals surface area contributed by atoms with Crippen LogP contribution in [0.2, 0.25) is 0 Å². The molecule has 1 aromatic rings. The fraction of sp³-hybridized carbons (Fsp3) is 0.333. The Morgan fingerprint density at radius 2 is 2.20 bits per heavy atom. The first-order chi connectivity index (χ1) is 7.29. The Morgan fingerprint density at radius 3 is 3.00 bits per heavy atom. The molecule has 0 bridgehead atoms. The van der Waals surface area contributed by atoms with Crippen molar-refractivity contribution in [3.8, 4) is 11.5 Å². The molecule has 1 aliphatic rings. The van der Waals surface area contributed by atoms with Crippen molar-refractivity contribution >= 4 is 0 Å². The number of rotatable bonds is 4. The molecule has 2 rings (SSSR count). The van der Waals surface area contributed by atoms with E-state index in [9.17, 15) is 0 Å². The molecule has 1 aromatic carbocycles. The summed E-state index contributed by atoms with van der Waals surface area (Å²) >= 11 is 0. The minimum atomic E-state index is 0.335. The number of ether oxygens (including phenoxy) is 2. The Morgan fingerprint density at radius 1 is 1.40 bits per heavy atom. The molecule has 0 radical (unpaired) electrons. The summed E-state index contributed by atoms with van der Waals surface area (Å²) in [4.78, 5) is 2.19. The first kappa shape index (κ1) is 10.1. The van der Waals surface area contributed by atoms with E-state index in [1.165, 1.54) is 5.56 Å². The summed E-state index contributed by atoms with van der Waals surface area (Å²) in [5.41, 5.74) is 1.23. The Kier molecular flexibility index (Phi) is 2.92. The van der Waals surface area contributed by atoms with E-state index >= 15 is 0 Å². The number of benzene rings is 1. The van der Waals surface area contributed by atoms with Crippen LogP contribution in [0.3, 0.4) is 0 Å². The SMILES string of the molecule is C=CCN(C)Cc1ccc2c(c1)OCO2. The van der Waals surface area contributed by atoms with Crippen molar-refractivity contribution in [3.05, 3.63) is 36.4 Å². The summed E-state index contributed by atoms with van der Waals surface area (Å²) in [7, 11) is 2.06. The summed E-state index contributed by atoms with van der Waals surface area (Å²) in [6, 6.07) is 6.05. The lowest BCUT2D eigenvalue weighted by Crippen LogP contribution is -2.17. The lowest BCUT2D eigenvalue weighted by molar-refractivity contribution is 0.174. The third-order valence-corrected chi connectivity index (χ3v) is 2.33. The molecular weight excluding hydrogens is 190 g/mol. The molecule has 1 heterocycles. The molecule has 0 saturated carbocycles. The largest absolute Gasteiger partial charge is 0.454 e. The zero-order valence-corrected chi connectivity index (χ0v) is 8.90. The Bertz CT molecular complexity index is 363. The van der Waals surface area contributed by atoms with E-state index in [1.807, 2.05) is 18.2 Å². The number of likely N-dealkylation sites (N-methyl/N-ethyl adjacent to an activating group) is 1. The van der Waals surface area contributed by atoms with Gasteiger partial charge in [0.15, 0.2) is 11.5 Å². The van der Waals surface area contributed by atoms with Crippen LogP contribution < -0.4 is 9.47 Å². The van der Waals surface area contributed by atoms with Gasteiger partial charge < -0.3 is 9.47 Å². The molecule has 0 N–H and O–H groups in total. The molecule has 0 atom stereocenters. The Labute approximate surface area is 89.9 Å². The summed E-state index contributed by atoms with van der Waals surface area (Å²) in [5, 5.41) is 0. The smallest absolute Gasteiger partial charge is 0.231 e. The molecule has 0 fully saturated rings. The second kappa shape index (κ2) is 4.36. The maximum atomic E-state index is 5.32. The quantitative estimate of drug-likeness (QED) is 0.702. The summed E-state index contributed by atoms with van der Waals surface area (Å²) < 4.78 is 10.6. The van der Waals surface area contributed by atoms with Crippen LogP contribution in [-0.2, 0) is 6.54 Å². The summed E-state index contributed by atoms with van der Waals surface area (Å²) in [5.74, 6) is 1.68. The molecule has 0 aliphatic carbocycles. The van der Waals surface area contributed by atoms with Gasteiger partial charge in [0.1, 0.15) is 0 Å². The van der Waals surface area contributed by atoms with Crippen molar-refractivity contribution in [1.82, 2.24) is 4.90 Å². The zero-order valence-electron chi connectivity index (χ0n) is 8.90. The predicted octanol–water partition coefficient (Wildman–Crippen LogP) is 2.03. The molecule has 0 aromatic heterocycles. The molecule has 3 nitrogen and oxygen atoms in total. The van der Waals surface area contributed by atoms with Crippen molar-refractivity contribution in [3.63, 3.8) is 0 Å². The van der Waals surface area contributed by atoms with Gasteiger partial charge in [-0.1, -0.05) is 12.1 Å². The van der Waals surface area contributed by atoms with Gasteiger partial charge in [-0.15, -0.1) is 6.58 Å². The first-order valence-corrected chi connectivity index (χ1v) is 4.97. The van der Waals surface area contributed by atoms with Gasteiger partial charge in [-0.25, -0.2) is 0 Å². The molecule has 0 amide bonds. The van der Waals surface area contributed by atoms with Crippen molar-refractivity contribution < 1.29 is 9.47 Å². The lowest BCUT2D eigenvalue weighted by Gasteiger charge is -2.14. The van der Waals surface area contributed by atoms with E-state index in [0.29, 0.717) is 6.79 Å². The molecule has 0 spiro atoms. The molecule has 0 unspecified atom stereocenters. The zero-order chi connectivity index (χ0) is 10.7. The van der Waals surface area contributed by atoms with Gasteiger partial charge in [-0.3, -0.25) is 4.90 Å². The number of nitrogens with zero attached hydrogens (tertiary/aromatic N) is 1. The third kappa shape index (κ3) is 2.30. The average molecular weight is 205 g/mol. The van der Waals surface area contributed by atoms with Gasteiger partial charge in [0.25, 0.3) is 0 Å². The minimum Gasteiger partial charge on any atom is -0.454 e. The van der Waals surface area contributed by atoms with Crippen LogP contribution in [0.25, 0.3) is 0 Å². The van der Waals surface area contributed by atoms with Gasteiger partial charge in [0, 0.05) is 13.1 Å². The first-order valence-electron chi connectivity index (χ1n) is 4.97. The Balaban J connectivity index is 2.06. The highest BCUT2D eigenvalue weighted by molar-refractivity contribution is 5.44. The highest BCUT2D eigenvalue weighted by Gasteiger charge is 2.13. The predicted molar refractivity (Wildman–Crippen MR) is 59.1 cm³/mol. The van der Waals surface area contributed by atoms with Crippen LogP contribution in [0.15, 0.2) is 30.9 Å². The molecule has 0 saturated heterocycles. The second-order valence-electron chi connectivity index (χ2n) is 3.67. The topological polar surface area (TPSA) is 21.7 Å². The summed E-state index contributed by atoms with van der Waals surface area (Å²) in [6.45, 7) is 5.82. The molecule has 80 valence electrons. The summed E-state index contributed by atoms with van der Waals surface area (Å²) in [6.07, 6.45) is 1.90. The molecule has 3 heteroatoms. The van der Waals surface area contributed by atoms with E-state index < -0.39 is 0 Å². The molecular formula is C12H15NO2. The number of fused-ring (bicyclic) bond motifs is 1. The van der Waals surface area contributed by atoms with Crippen LogP contribution in [0.5, 0.6) is 11.5 Å². The maximum absolute atomic E-state index is 5.32. The van der Waals surface area contributed by atoms with Gasteiger partial charge in [-0.2, -0.15) is 0 Å². The fourth-order valence-corrected chi connectivity index (χ4v) is 1.64. The van der Waals surface area contributed by atoms with Crippen LogP contribution in [0.1, 0.15) is 5.56 Å². The third-order valence-electron chi connectivity index (χ3n) is 2.33. The van der Waals surface area contributed by atoms with Crippen molar-refractivity contribution in [2.24, 2.45) is 0 Å². The Hall–Kier alpha value is -1.48. The van der Waals surface area contributed by atoms with E-state index in [2.05, 4.69) is 24.6 Å². The lowest BCUT2D eigenvalue weighted by atomic mass is 10.2. The van der Waals surface area contributed by atoms with Crippen LogP contribution in [0.4, 0.5) is 0 Å². The van der Waals surface area contributed by atoms with E-state index in [4.69, 9.17) is 9.47 Å². The van der Waals surface area contributed by atoms with Gasteiger partial charge in [-0.05, 0) is 24.7 Å². The number of hydrogen-bond acceptors (Lipinski definition) is 3. The standard InChI is InChI=1S/C12H15NO2/c1-3-6-13(2)8-10-4-5-11-12(7-10)15-9-14-11/h3-5,7H,1,6,8-9H2,2H3. The average Bonchev–Trinajstić information content (AvgIpc) is 2.65. The van der Waals surface area contributed by atoms with Crippen molar-refractivity contribution in [2.75, 3.05) is 20.4 Å². The van der Waals surface area contributed by atoms with E-state index in [1.54, 1.807) is 0 Å². The number of hydrogen-bond donors (Lipinski definition) is 0. The molecule has 1 aliphatic heterocycles. The molecule has 15 heavy (non-hydrogen) atoms. The van der Waals surface area contributed by atoms with Gasteiger partial charge in [0.05, 0.1) is 0 Å². The fourth-order valence-electron chi connectivity index (χ4n) is 1.64. The normalized spacial score (nSPS) is 13.2. The van der Waals surface area contributed by atoms with Crippen LogP contribution >= 0.6 is 0 Å². The monoisotopic (exact) mass is 205 g/mol. The highest BCUT2D eigenvalue weighted by atomic mass is 16.7. The van der Waals surface area contributed by atoms with Crippen molar-refractivity contribution in [2.45, 2.75) is 6.54 Å². The van der Waals surface area contributed by atoms with Crippen LogP contribution in [0, 0.1) is 0 Å². The minimum absolute atomic E-state index is 0.335. The second-order valence-corrected chi connectivity index (χ2v) is 3.67. The van der Waals surface area contributed by atoms with Gasteiger partial charge >= 0.3 is 0 Å². The van der Waals surface area contributed by atoms with Gasteiger partial charge in [0.2, 0.25) is 6.79 Å². The maximum Gasteiger partial charge on any atom is 0.231 e. The van der Waals surface area contributed by atoms with Crippen LogP contribution in [-0.4, -0.2) is 25.3 Å².